The lowest BCUT2D eigenvalue weighted by Crippen LogP contribution is -1.92. The molecule has 1 aliphatic carbocycles. The van der Waals surface area contributed by atoms with Crippen molar-refractivity contribution in [2.75, 3.05) is 0 Å². The molecule has 0 heterocycles. The van der Waals surface area contributed by atoms with Crippen LogP contribution in [0, 0.1) is 13.8 Å². The third-order valence-corrected chi connectivity index (χ3v) is 8.57. The smallest absolute Gasteiger partial charge is 0.000111 e. The van der Waals surface area contributed by atoms with E-state index in [0.717, 1.165) is 6.42 Å². The molecule has 6 aromatic carbocycles. The maximum absolute atomic E-state index is 2.31. The van der Waals surface area contributed by atoms with Gasteiger partial charge in [0.15, 0.2) is 0 Å². The lowest BCUT2D eigenvalue weighted by molar-refractivity contribution is 1.41. The summed E-state index contributed by atoms with van der Waals surface area (Å²) in [6.07, 6.45) is 0.877. The van der Waals surface area contributed by atoms with Crippen molar-refractivity contribution < 1.29 is 0 Å². The molecule has 0 heteroatoms. The zero-order chi connectivity index (χ0) is 29.2. The molecular formula is C43H34. The summed E-state index contributed by atoms with van der Waals surface area (Å²) in [5.41, 5.74) is 18.0. The normalized spacial score (nSPS) is 13.1. The molecule has 0 unspecified atom stereocenters. The first-order valence-corrected chi connectivity index (χ1v) is 15.1. The largest absolute Gasteiger partial charge is 0.0622 e. The van der Waals surface area contributed by atoms with Gasteiger partial charge in [0.1, 0.15) is 0 Å². The van der Waals surface area contributed by atoms with Crippen LogP contribution in [-0.4, -0.2) is 0 Å². The average Bonchev–Trinajstić information content (AvgIpc) is 3.47. The van der Waals surface area contributed by atoms with Crippen molar-refractivity contribution in [3.63, 3.8) is 0 Å². The summed E-state index contributed by atoms with van der Waals surface area (Å²) in [6, 6.07) is 57.7. The molecule has 206 valence electrons. The van der Waals surface area contributed by atoms with Gasteiger partial charge in [-0.25, -0.2) is 0 Å². The molecule has 0 amide bonds. The quantitative estimate of drug-likeness (QED) is 0.193. The third kappa shape index (κ3) is 5.41. The second kappa shape index (κ2) is 11.6. The van der Waals surface area contributed by atoms with E-state index in [4.69, 9.17) is 0 Å². The predicted octanol–water partition coefficient (Wildman–Crippen LogP) is 11.6. The first kappa shape index (κ1) is 26.7. The fourth-order valence-electron chi connectivity index (χ4n) is 6.21. The summed E-state index contributed by atoms with van der Waals surface area (Å²) in [4.78, 5) is 0. The van der Waals surface area contributed by atoms with Crippen molar-refractivity contribution in [1.29, 1.82) is 0 Å². The third-order valence-electron chi connectivity index (χ3n) is 8.57. The van der Waals surface area contributed by atoms with Gasteiger partial charge in [-0.1, -0.05) is 169 Å². The van der Waals surface area contributed by atoms with E-state index in [-0.39, 0.29) is 0 Å². The Labute approximate surface area is 255 Å². The molecule has 0 aromatic heterocycles. The van der Waals surface area contributed by atoms with Gasteiger partial charge in [-0.15, -0.1) is 0 Å². The molecule has 43 heavy (non-hydrogen) atoms. The Hall–Kier alpha value is -5.20. The van der Waals surface area contributed by atoms with Crippen LogP contribution < -0.4 is 0 Å². The highest BCUT2D eigenvalue weighted by Crippen LogP contribution is 2.51. The van der Waals surface area contributed by atoms with Gasteiger partial charge in [0, 0.05) is 0 Å². The molecule has 0 radical (unpaired) electrons. The van der Waals surface area contributed by atoms with Crippen molar-refractivity contribution in [2.45, 2.75) is 20.3 Å². The van der Waals surface area contributed by atoms with Crippen LogP contribution in [0.4, 0.5) is 0 Å². The molecule has 0 spiro atoms. The summed E-state index contributed by atoms with van der Waals surface area (Å²) >= 11 is 0. The van der Waals surface area contributed by atoms with E-state index in [1.54, 1.807) is 0 Å². The molecule has 1 aliphatic rings. The van der Waals surface area contributed by atoms with Gasteiger partial charge in [-0.05, 0) is 87.1 Å². The van der Waals surface area contributed by atoms with Crippen molar-refractivity contribution in [2.24, 2.45) is 0 Å². The van der Waals surface area contributed by atoms with Gasteiger partial charge in [-0.2, -0.15) is 0 Å². The minimum atomic E-state index is 0.877. The zero-order valence-corrected chi connectivity index (χ0v) is 24.7. The molecule has 0 N–H and O–H groups in total. The minimum Gasteiger partial charge on any atom is -0.0622 e. The number of benzene rings is 6. The van der Waals surface area contributed by atoms with Gasteiger partial charge in [0.25, 0.3) is 0 Å². The highest BCUT2D eigenvalue weighted by Gasteiger charge is 2.28. The Morgan fingerprint density at radius 3 is 0.884 bits per heavy atom. The Kier molecular flexibility index (Phi) is 7.19. The number of hydrogen-bond donors (Lipinski definition) is 0. The van der Waals surface area contributed by atoms with Crippen molar-refractivity contribution in [1.82, 2.24) is 0 Å². The first-order valence-electron chi connectivity index (χ1n) is 15.1. The summed E-state index contributed by atoms with van der Waals surface area (Å²) in [7, 11) is 0. The lowest BCUT2D eigenvalue weighted by Gasteiger charge is -2.15. The van der Waals surface area contributed by atoms with Crippen LogP contribution >= 0.6 is 0 Å². The fourth-order valence-corrected chi connectivity index (χ4v) is 6.21. The summed E-state index contributed by atoms with van der Waals surface area (Å²) in [5.74, 6) is 0. The van der Waals surface area contributed by atoms with E-state index in [1.165, 1.54) is 77.9 Å². The maximum Gasteiger partial charge on any atom is -0.000111 e. The number of aryl methyl sites for hydroxylation is 2. The topological polar surface area (TPSA) is 0 Å². The molecule has 0 atom stereocenters. The minimum absolute atomic E-state index is 0.877. The van der Waals surface area contributed by atoms with Crippen LogP contribution in [0.25, 0.3) is 44.5 Å². The first-order chi connectivity index (χ1) is 21.1. The highest BCUT2D eigenvalue weighted by atomic mass is 14.3. The second-order valence-corrected chi connectivity index (χ2v) is 11.5. The SMILES string of the molecule is Cc1ccc(-c2ccc(C3=C(c4ccccc4)C(c4ccccc4)=C(c4ccc(-c5ccc(C)cc5)cc4)C3)cc2)cc1. The van der Waals surface area contributed by atoms with Crippen molar-refractivity contribution >= 4 is 22.3 Å². The molecule has 0 saturated heterocycles. The summed E-state index contributed by atoms with van der Waals surface area (Å²) in [5, 5.41) is 0. The lowest BCUT2D eigenvalue weighted by atomic mass is 9.89. The van der Waals surface area contributed by atoms with E-state index in [0.29, 0.717) is 0 Å². The van der Waals surface area contributed by atoms with Gasteiger partial charge >= 0.3 is 0 Å². The molecule has 0 saturated carbocycles. The Bertz CT molecular complexity index is 1770. The van der Waals surface area contributed by atoms with Crippen LogP contribution in [0.2, 0.25) is 0 Å². The number of allylic oxidation sites excluding steroid dienone is 4. The monoisotopic (exact) mass is 550 g/mol. The molecule has 0 fully saturated rings. The Morgan fingerprint density at radius 1 is 0.279 bits per heavy atom. The van der Waals surface area contributed by atoms with Crippen molar-refractivity contribution in [3.05, 3.63) is 191 Å². The van der Waals surface area contributed by atoms with Gasteiger partial charge in [0.05, 0.1) is 0 Å². The summed E-state index contributed by atoms with van der Waals surface area (Å²) in [6.45, 7) is 4.27. The fraction of sp³-hybridized carbons (Fsp3) is 0.0698. The van der Waals surface area contributed by atoms with Crippen LogP contribution in [-0.2, 0) is 0 Å². The average molecular weight is 551 g/mol. The van der Waals surface area contributed by atoms with E-state index in [2.05, 4.69) is 172 Å². The van der Waals surface area contributed by atoms with E-state index >= 15 is 0 Å². The van der Waals surface area contributed by atoms with Crippen molar-refractivity contribution in [3.8, 4) is 22.3 Å². The molecule has 0 bridgehead atoms. The maximum atomic E-state index is 2.31. The Morgan fingerprint density at radius 2 is 0.558 bits per heavy atom. The standard InChI is InChI=1S/C43H34/c1-30-13-17-32(18-14-30)34-21-25-36(26-22-34)40-29-41(37-27-23-35(24-28-37)33-19-15-31(2)16-20-33)43(39-11-7-4-8-12-39)42(40)38-9-5-3-6-10-38/h3-28H,29H2,1-2H3. The van der Waals surface area contributed by atoms with E-state index < -0.39 is 0 Å². The van der Waals surface area contributed by atoms with E-state index in [1.807, 2.05) is 0 Å². The van der Waals surface area contributed by atoms with Crippen LogP contribution in [0.5, 0.6) is 0 Å². The molecule has 0 aliphatic heterocycles. The van der Waals surface area contributed by atoms with E-state index in [9.17, 15) is 0 Å². The second-order valence-electron chi connectivity index (χ2n) is 11.5. The number of hydrogen-bond acceptors (Lipinski definition) is 0. The van der Waals surface area contributed by atoms with Crippen LogP contribution in [0.15, 0.2) is 158 Å². The van der Waals surface area contributed by atoms with Crippen LogP contribution in [0.3, 0.4) is 0 Å². The predicted molar refractivity (Wildman–Crippen MR) is 184 cm³/mol. The molecular weight excluding hydrogens is 516 g/mol. The number of rotatable bonds is 6. The Balaban J connectivity index is 1.36. The van der Waals surface area contributed by atoms with Gasteiger partial charge < -0.3 is 0 Å². The van der Waals surface area contributed by atoms with Gasteiger partial charge in [0.2, 0.25) is 0 Å². The highest BCUT2D eigenvalue weighted by molar-refractivity contribution is 6.27. The van der Waals surface area contributed by atoms with Gasteiger partial charge in [-0.3, -0.25) is 0 Å². The molecule has 7 rings (SSSR count). The van der Waals surface area contributed by atoms with Crippen LogP contribution in [0.1, 0.15) is 39.8 Å². The zero-order valence-electron chi connectivity index (χ0n) is 24.7. The molecule has 6 aromatic rings. The molecule has 0 nitrogen and oxygen atoms in total. The summed E-state index contributed by atoms with van der Waals surface area (Å²) < 4.78 is 0.